The Morgan fingerprint density at radius 2 is 2.05 bits per heavy atom. The van der Waals surface area contributed by atoms with Gasteiger partial charge in [-0.1, -0.05) is 0 Å². The largest absolute Gasteiger partial charge is 0.481 e. The zero-order valence-corrected chi connectivity index (χ0v) is 11.5. The predicted molar refractivity (Wildman–Crippen MR) is 67.1 cm³/mol. The summed E-state index contributed by atoms with van der Waals surface area (Å²) in [6.07, 6.45) is 2.92. The molecule has 0 amide bonds. The number of carbonyl (C=O) groups is 2. The van der Waals surface area contributed by atoms with E-state index in [4.69, 9.17) is 10.5 Å². The Hall–Kier alpha value is -1.89. The van der Waals surface area contributed by atoms with Gasteiger partial charge in [0.1, 0.15) is 5.60 Å². The van der Waals surface area contributed by atoms with Crippen LogP contribution in [0.25, 0.3) is 0 Å². The number of ether oxygens (including phenoxy) is 1. The van der Waals surface area contributed by atoms with Crippen LogP contribution >= 0.6 is 0 Å². The first-order chi connectivity index (χ1) is 8.63. The van der Waals surface area contributed by atoms with Crippen LogP contribution in [0.3, 0.4) is 0 Å². The Morgan fingerprint density at radius 1 is 1.47 bits per heavy atom. The first-order valence-corrected chi connectivity index (χ1v) is 5.81. The molecule has 1 rings (SSSR count). The Kier molecular flexibility index (Phi) is 4.31. The first kappa shape index (κ1) is 15.2. The molecule has 2 unspecified atom stereocenters. The second-order valence-electron chi connectivity index (χ2n) is 5.30. The lowest BCUT2D eigenvalue weighted by atomic mass is 9.97. The number of carbonyl (C=O) groups excluding carboxylic acids is 1. The normalized spacial score (nSPS) is 14.8. The molecule has 106 valence electrons. The smallest absolute Gasteiger partial charge is 0.322 e. The molecule has 0 saturated carbocycles. The number of aromatic nitrogens is 2. The Bertz CT molecular complexity index is 476. The maximum Gasteiger partial charge on any atom is 0.322 e. The van der Waals surface area contributed by atoms with Gasteiger partial charge in [-0.2, -0.15) is 0 Å². The van der Waals surface area contributed by atoms with Crippen LogP contribution in [0.2, 0.25) is 0 Å². The molecule has 3 N–H and O–H groups in total. The summed E-state index contributed by atoms with van der Waals surface area (Å²) in [6, 6.07) is -1.01. The number of nitrogens with zero attached hydrogens (tertiary/aromatic N) is 2. The molecule has 19 heavy (non-hydrogen) atoms. The highest BCUT2D eigenvalue weighted by Gasteiger charge is 2.38. The third kappa shape index (κ3) is 3.78. The third-order valence-electron chi connectivity index (χ3n) is 2.48. The highest BCUT2D eigenvalue weighted by atomic mass is 16.6. The van der Waals surface area contributed by atoms with Gasteiger partial charge in [-0.25, -0.2) is 4.98 Å². The fourth-order valence-electron chi connectivity index (χ4n) is 1.63. The summed E-state index contributed by atoms with van der Waals surface area (Å²) < 4.78 is 6.67. The molecule has 0 fully saturated rings. The van der Waals surface area contributed by atoms with E-state index in [-0.39, 0.29) is 0 Å². The average molecular weight is 269 g/mol. The van der Waals surface area contributed by atoms with Crippen LogP contribution in [0.1, 0.15) is 32.5 Å². The lowest BCUT2D eigenvalue weighted by Gasteiger charge is -2.25. The van der Waals surface area contributed by atoms with Gasteiger partial charge >= 0.3 is 11.9 Å². The van der Waals surface area contributed by atoms with Gasteiger partial charge < -0.3 is 20.1 Å². The van der Waals surface area contributed by atoms with E-state index in [1.807, 2.05) is 0 Å². The molecule has 1 heterocycles. The molecule has 0 aliphatic rings. The lowest BCUT2D eigenvalue weighted by Crippen LogP contribution is -2.39. The van der Waals surface area contributed by atoms with E-state index in [1.54, 1.807) is 32.4 Å². The Morgan fingerprint density at radius 3 is 2.42 bits per heavy atom. The van der Waals surface area contributed by atoms with E-state index in [1.165, 1.54) is 12.5 Å². The summed E-state index contributed by atoms with van der Waals surface area (Å²) in [6.45, 7) is 5.00. The van der Waals surface area contributed by atoms with Crippen molar-refractivity contribution >= 4 is 11.9 Å². The van der Waals surface area contributed by atoms with Crippen LogP contribution in [0.5, 0.6) is 0 Å². The number of hydrogen-bond acceptors (Lipinski definition) is 5. The van der Waals surface area contributed by atoms with Crippen molar-refractivity contribution in [3.63, 3.8) is 0 Å². The summed E-state index contributed by atoms with van der Waals surface area (Å²) in [5.74, 6) is -3.63. The number of aliphatic carboxylic acids is 1. The molecule has 0 aromatic carbocycles. The zero-order valence-electron chi connectivity index (χ0n) is 11.5. The molecule has 0 aliphatic heterocycles. The number of aryl methyl sites for hydroxylation is 1. The van der Waals surface area contributed by atoms with Gasteiger partial charge in [-0.05, 0) is 20.8 Å². The van der Waals surface area contributed by atoms with Gasteiger partial charge in [0, 0.05) is 13.2 Å². The summed E-state index contributed by atoms with van der Waals surface area (Å²) >= 11 is 0. The minimum atomic E-state index is -1.46. The van der Waals surface area contributed by atoms with Gasteiger partial charge in [-0.15, -0.1) is 0 Å². The summed E-state index contributed by atoms with van der Waals surface area (Å²) in [7, 11) is 1.68. The number of carboxylic acids is 1. The summed E-state index contributed by atoms with van der Waals surface area (Å²) in [5.41, 5.74) is 5.55. The van der Waals surface area contributed by atoms with Crippen LogP contribution in [-0.4, -0.2) is 32.2 Å². The van der Waals surface area contributed by atoms with E-state index in [0.717, 1.165) is 0 Å². The van der Waals surface area contributed by atoms with E-state index in [0.29, 0.717) is 5.69 Å². The molecule has 0 spiro atoms. The van der Waals surface area contributed by atoms with Crippen molar-refractivity contribution in [3.8, 4) is 0 Å². The molecule has 0 radical (unpaired) electrons. The fourth-order valence-corrected chi connectivity index (χ4v) is 1.63. The van der Waals surface area contributed by atoms with Gasteiger partial charge in [0.05, 0.1) is 18.1 Å². The standard InChI is InChI=1S/C12H19N3O4/c1-12(2,3)19-11(18)8(10(16)17)9(13)7-5-14-6-15(7)4/h5-6,8-9H,13H2,1-4H3,(H,16,17). The highest BCUT2D eigenvalue weighted by molar-refractivity contribution is 5.95. The molecule has 2 atom stereocenters. The van der Waals surface area contributed by atoms with Crippen molar-refractivity contribution < 1.29 is 19.4 Å². The van der Waals surface area contributed by atoms with Gasteiger partial charge in [-0.3, -0.25) is 9.59 Å². The van der Waals surface area contributed by atoms with E-state index < -0.39 is 29.5 Å². The van der Waals surface area contributed by atoms with Crippen LogP contribution in [0.15, 0.2) is 12.5 Å². The molecule has 1 aromatic rings. The number of rotatable bonds is 4. The van der Waals surface area contributed by atoms with Crippen molar-refractivity contribution in [2.45, 2.75) is 32.4 Å². The maximum absolute atomic E-state index is 11.9. The molecule has 7 nitrogen and oxygen atoms in total. The monoisotopic (exact) mass is 269 g/mol. The topological polar surface area (TPSA) is 107 Å². The second-order valence-corrected chi connectivity index (χ2v) is 5.30. The number of hydrogen-bond donors (Lipinski definition) is 2. The first-order valence-electron chi connectivity index (χ1n) is 5.81. The quantitative estimate of drug-likeness (QED) is 0.607. The summed E-state index contributed by atoms with van der Waals surface area (Å²) in [5, 5.41) is 9.19. The lowest BCUT2D eigenvalue weighted by molar-refractivity contribution is -0.167. The number of imidazole rings is 1. The Balaban J connectivity index is 2.99. The maximum atomic E-state index is 11.9. The molecule has 0 bridgehead atoms. The van der Waals surface area contributed by atoms with E-state index in [2.05, 4.69) is 4.98 Å². The predicted octanol–water partition coefficient (Wildman–Crippen LogP) is 0.462. The van der Waals surface area contributed by atoms with Crippen molar-refractivity contribution in [2.24, 2.45) is 18.7 Å². The van der Waals surface area contributed by atoms with Crippen LogP contribution < -0.4 is 5.73 Å². The van der Waals surface area contributed by atoms with Crippen molar-refractivity contribution in [3.05, 3.63) is 18.2 Å². The number of nitrogens with two attached hydrogens (primary N) is 1. The molecule has 0 saturated heterocycles. The van der Waals surface area contributed by atoms with E-state index in [9.17, 15) is 14.7 Å². The molecular weight excluding hydrogens is 250 g/mol. The average Bonchev–Trinajstić information content (AvgIpc) is 2.60. The van der Waals surface area contributed by atoms with Crippen LogP contribution in [-0.2, 0) is 21.4 Å². The molecule has 1 aromatic heterocycles. The van der Waals surface area contributed by atoms with Gasteiger partial charge in [0.2, 0.25) is 0 Å². The number of esters is 1. The SMILES string of the molecule is Cn1cncc1C(N)C(C(=O)O)C(=O)OC(C)(C)C. The summed E-state index contributed by atoms with van der Waals surface area (Å²) in [4.78, 5) is 27.1. The van der Waals surface area contributed by atoms with Gasteiger partial charge in [0.25, 0.3) is 0 Å². The molecular formula is C12H19N3O4. The van der Waals surface area contributed by atoms with Crippen LogP contribution in [0, 0.1) is 5.92 Å². The Labute approximate surface area is 111 Å². The fraction of sp³-hybridized carbons (Fsp3) is 0.583. The highest BCUT2D eigenvalue weighted by Crippen LogP contribution is 2.22. The zero-order chi connectivity index (χ0) is 14.8. The molecule has 7 heteroatoms. The van der Waals surface area contributed by atoms with Crippen molar-refractivity contribution in [1.82, 2.24) is 9.55 Å². The van der Waals surface area contributed by atoms with E-state index >= 15 is 0 Å². The van der Waals surface area contributed by atoms with Crippen LogP contribution in [0.4, 0.5) is 0 Å². The number of carboxylic acid groups (broad SMARTS) is 1. The molecule has 0 aliphatic carbocycles. The van der Waals surface area contributed by atoms with Gasteiger partial charge in [0.15, 0.2) is 5.92 Å². The minimum Gasteiger partial charge on any atom is -0.481 e. The second kappa shape index (κ2) is 5.40. The van der Waals surface area contributed by atoms with Crippen molar-refractivity contribution in [2.75, 3.05) is 0 Å². The van der Waals surface area contributed by atoms with Crippen molar-refractivity contribution in [1.29, 1.82) is 0 Å². The minimum absolute atomic E-state index is 0.457. The third-order valence-corrected chi connectivity index (χ3v) is 2.48.